The molecule has 0 saturated heterocycles. The molecule has 0 fully saturated rings. The number of hydrogen-bond acceptors (Lipinski definition) is 0. The van der Waals surface area contributed by atoms with E-state index >= 15 is 0 Å². The van der Waals surface area contributed by atoms with Crippen LogP contribution in [0, 0.1) is 6.42 Å². The molecule has 0 rings (SSSR count). The van der Waals surface area contributed by atoms with Crippen LogP contribution in [0.25, 0.3) is 0 Å². The summed E-state index contributed by atoms with van der Waals surface area (Å²) in [5, 5.41) is 0. The van der Waals surface area contributed by atoms with Gasteiger partial charge in [0.2, 0.25) is 0 Å². The molecule has 0 N–H and O–H groups in total. The van der Waals surface area contributed by atoms with Crippen molar-refractivity contribution in [2.75, 3.05) is 5.88 Å². The predicted octanol–water partition coefficient (Wildman–Crippen LogP) is 1.84. The normalized spacial score (nSPS) is 8.40. The Bertz CT molecular complexity index is 11.1. The van der Waals surface area contributed by atoms with Gasteiger partial charge in [-0.25, -0.2) is 0 Å². The van der Waals surface area contributed by atoms with E-state index < -0.39 is 0 Å². The summed E-state index contributed by atoms with van der Waals surface area (Å²) in [4.78, 5) is 0. The summed E-state index contributed by atoms with van der Waals surface area (Å²) >= 11 is 5.27. The molecule has 0 bridgehead atoms. The van der Waals surface area contributed by atoms with Crippen LogP contribution in [0.5, 0.6) is 0 Å². The van der Waals surface area contributed by atoms with E-state index in [9.17, 15) is 0 Å². The van der Waals surface area contributed by atoms with Crippen LogP contribution in [0.3, 0.4) is 0 Å². The van der Waals surface area contributed by atoms with Crippen molar-refractivity contribution >= 4 is 11.6 Å². The van der Waals surface area contributed by atoms with Crippen molar-refractivity contribution in [3.05, 3.63) is 6.42 Å². The quantitative estimate of drug-likeness (QED) is 0.455. The Morgan fingerprint density at radius 3 is 2.40 bits per heavy atom. The van der Waals surface area contributed by atoms with Crippen LogP contribution in [0.4, 0.5) is 0 Å². The number of halogens is 1. The molecule has 0 spiro atoms. The molecule has 0 heterocycles. The maximum Gasteiger partial charge on any atom is 0.0226 e. The van der Waals surface area contributed by atoms with Crippen LogP contribution in [0.15, 0.2) is 0 Å². The molecule has 31 valence electrons. The van der Waals surface area contributed by atoms with Gasteiger partial charge in [0.05, 0.1) is 0 Å². The number of alkyl halides is 1. The second-order valence-corrected chi connectivity index (χ2v) is 1.26. The van der Waals surface area contributed by atoms with Gasteiger partial charge < -0.3 is 0 Å². The summed E-state index contributed by atoms with van der Waals surface area (Å²) in [6, 6.07) is 0. The summed E-state index contributed by atoms with van der Waals surface area (Å²) in [5.74, 6) is 0.760. The average Bonchev–Trinajstić information content (AvgIpc) is 1.41. The number of hydrogen-bond donors (Lipinski definition) is 0. The molecule has 1 radical (unpaired) electrons. The minimum Gasteiger partial charge on any atom is -0.127 e. The van der Waals surface area contributed by atoms with Gasteiger partial charge >= 0.3 is 0 Å². The van der Waals surface area contributed by atoms with Crippen molar-refractivity contribution < 1.29 is 0 Å². The van der Waals surface area contributed by atoms with Crippen molar-refractivity contribution in [1.82, 2.24) is 0 Å². The van der Waals surface area contributed by atoms with Gasteiger partial charge in [0, 0.05) is 5.88 Å². The van der Waals surface area contributed by atoms with Crippen molar-refractivity contribution in [1.29, 1.82) is 0 Å². The van der Waals surface area contributed by atoms with Crippen LogP contribution in [-0.4, -0.2) is 5.88 Å². The van der Waals surface area contributed by atoms with E-state index in [2.05, 4.69) is 0 Å². The highest BCUT2D eigenvalue weighted by atomic mass is 35.5. The zero-order valence-corrected chi connectivity index (χ0v) is 4.13. The molecule has 0 nitrogen and oxygen atoms in total. The maximum absolute atomic E-state index is 5.27. The molecule has 1 heteroatoms. The Labute approximate surface area is 38.1 Å². The maximum atomic E-state index is 5.27. The molecule has 0 unspecified atom stereocenters. The van der Waals surface area contributed by atoms with Gasteiger partial charge in [-0.2, -0.15) is 0 Å². The topological polar surface area (TPSA) is 0 Å². The van der Waals surface area contributed by atoms with Gasteiger partial charge in [-0.1, -0.05) is 6.92 Å². The van der Waals surface area contributed by atoms with Crippen molar-refractivity contribution in [3.8, 4) is 0 Å². The SMILES string of the molecule is C[CH]CCCl. The van der Waals surface area contributed by atoms with Crippen LogP contribution in [0.2, 0.25) is 0 Å². The third kappa shape index (κ3) is 4.29. The third-order valence-electron chi connectivity index (χ3n) is 0.398. The summed E-state index contributed by atoms with van der Waals surface area (Å²) in [7, 11) is 0. The molecule has 0 atom stereocenters. The smallest absolute Gasteiger partial charge is 0.0226 e. The first-order valence-electron chi connectivity index (χ1n) is 1.75. The standard InChI is InChI=1S/C4H8Cl/c1-2-3-4-5/h2H,3-4H2,1H3. The highest BCUT2D eigenvalue weighted by Crippen LogP contribution is 1.85. The first-order chi connectivity index (χ1) is 2.41. The van der Waals surface area contributed by atoms with Crippen molar-refractivity contribution in [3.63, 3.8) is 0 Å². The largest absolute Gasteiger partial charge is 0.127 e. The molecule has 0 aliphatic heterocycles. The Hall–Kier alpha value is 0.290. The van der Waals surface area contributed by atoms with Crippen LogP contribution in [0.1, 0.15) is 13.3 Å². The molecule has 5 heavy (non-hydrogen) atoms. The third-order valence-corrected chi connectivity index (χ3v) is 0.616. The second kappa shape index (κ2) is 4.29. The summed E-state index contributed by atoms with van der Waals surface area (Å²) in [6.07, 6.45) is 3.08. The van der Waals surface area contributed by atoms with Gasteiger partial charge in [0.25, 0.3) is 0 Å². The van der Waals surface area contributed by atoms with Gasteiger partial charge in [0.1, 0.15) is 0 Å². The lowest BCUT2D eigenvalue weighted by atomic mass is 10.4. The van der Waals surface area contributed by atoms with E-state index in [0.29, 0.717) is 0 Å². The molecule has 0 aliphatic carbocycles. The summed E-state index contributed by atoms with van der Waals surface area (Å²) in [6.45, 7) is 2.00. The zero-order chi connectivity index (χ0) is 4.12. The molecule has 0 aromatic carbocycles. The minimum atomic E-state index is 0.760. The summed E-state index contributed by atoms with van der Waals surface area (Å²) < 4.78 is 0. The number of unbranched alkanes of at least 4 members (excludes halogenated alkanes) is 1. The molecular formula is C4H8Cl. The lowest BCUT2D eigenvalue weighted by Crippen LogP contribution is -1.66. The second-order valence-electron chi connectivity index (χ2n) is 0.886. The lowest BCUT2D eigenvalue weighted by Gasteiger charge is -1.76. The average molecular weight is 91.6 g/mol. The molecule has 0 aliphatic rings. The van der Waals surface area contributed by atoms with Gasteiger partial charge in [-0.05, 0) is 12.8 Å². The fourth-order valence-corrected chi connectivity index (χ4v) is 0.327. The van der Waals surface area contributed by atoms with Crippen LogP contribution in [-0.2, 0) is 0 Å². The van der Waals surface area contributed by atoms with Gasteiger partial charge in [-0.3, -0.25) is 0 Å². The van der Waals surface area contributed by atoms with Crippen molar-refractivity contribution in [2.24, 2.45) is 0 Å². The molecule has 0 aromatic rings. The van der Waals surface area contributed by atoms with Crippen molar-refractivity contribution in [2.45, 2.75) is 13.3 Å². The highest BCUT2D eigenvalue weighted by molar-refractivity contribution is 6.17. The molecular weight excluding hydrogens is 83.5 g/mol. The van der Waals surface area contributed by atoms with E-state index in [1.807, 2.05) is 13.3 Å². The number of rotatable bonds is 2. The Morgan fingerprint density at radius 1 is 1.80 bits per heavy atom. The minimum absolute atomic E-state index is 0.760. The van der Waals surface area contributed by atoms with Crippen LogP contribution >= 0.6 is 11.6 Å². The molecule has 0 amide bonds. The highest BCUT2D eigenvalue weighted by Gasteiger charge is 1.70. The van der Waals surface area contributed by atoms with Gasteiger partial charge in [-0.15, -0.1) is 11.6 Å². The lowest BCUT2D eigenvalue weighted by molar-refractivity contribution is 1.11. The Morgan fingerprint density at radius 2 is 2.40 bits per heavy atom. The van der Waals surface area contributed by atoms with E-state index in [-0.39, 0.29) is 0 Å². The first kappa shape index (κ1) is 5.29. The predicted molar refractivity (Wildman–Crippen MR) is 25.3 cm³/mol. The van der Waals surface area contributed by atoms with E-state index in [0.717, 1.165) is 12.3 Å². The fourth-order valence-electron chi connectivity index (χ4n) is 0.109. The van der Waals surface area contributed by atoms with Gasteiger partial charge in [0.15, 0.2) is 0 Å². The Kier molecular flexibility index (Phi) is 4.54. The van der Waals surface area contributed by atoms with E-state index in [1.165, 1.54) is 0 Å². The molecule has 0 aromatic heterocycles. The van der Waals surface area contributed by atoms with E-state index in [1.54, 1.807) is 0 Å². The zero-order valence-electron chi connectivity index (χ0n) is 3.37. The fraction of sp³-hybridized carbons (Fsp3) is 0.750. The first-order valence-corrected chi connectivity index (χ1v) is 2.29. The summed E-state index contributed by atoms with van der Waals surface area (Å²) in [5.41, 5.74) is 0. The monoisotopic (exact) mass is 91.0 g/mol. The van der Waals surface area contributed by atoms with E-state index in [4.69, 9.17) is 11.6 Å². The molecule has 0 saturated carbocycles. The Balaban J connectivity index is 2.19. The van der Waals surface area contributed by atoms with Crippen LogP contribution < -0.4 is 0 Å².